The minimum atomic E-state index is -3.19. The van der Waals surface area contributed by atoms with Gasteiger partial charge in [0.15, 0.2) is 9.84 Å². The van der Waals surface area contributed by atoms with Crippen molar-refractivity contribution in [3.63, 3.8) is 0 Å². The summed E-state index contributed by atoms with van der Waals surface area (Å²) >= 11 is 0. The van der Waals surface area contributed by atoms with Crippen LogP contribution in [0.1, 0.15) is 34.1 Å². The molecule has 1 saturated heterocycles. The molecule has 2 amide bonds. The highest BCUT2D eigenvalue weighted by molar-refractivity contribution is 7.92. The van der Waals surface area contributed by atoms with E-state index in [-0.39, 0.29) is 36.6 Å². The van der Waals surface area contributed by atoms with E-state index >= 15 is 0 Å². The van der Waals surface area contributed by atoms with Crippen molar-refractivity contribution >= 4 is 21.7 Å². The second-order valence-corrected chi connectivity index (χ2v) is 7.97. The summed E-state index contributed by atoms with van der Waals surface area (Å²) in [6, 6.07) is -0.876. The van der Waals surface area contributed by atoms with Gasteiger partial charge in [-0.2, -0.15) is 0 Å². The van der Waals surface area contributed by atoms with E-state index in [1.165, 1.54) is 4.90 Å². The average molecular weight is 290 g/mol. The molecule has 0 spiro atoms. The van der Waals surface area contributed by atoms with Gasteiger partial charge in [0.1, 0.15) is 6.04 Å². The Morgan fingerprint density at radius 1 is 1.32 bits per heavy atom. The number of carbonyl (C=O) groups excluding carboxylic acids is 2. The molecule has 1 fully saturated rings. The molecule has 0 aromatic rings. The summed E-state index contributed by atoms with van der Waals surface area (Å²) in [7, 11) is -3.19. The number of hydrogen-bond acceptors (Lipinski definition) is 4. The summed E-state index contributed by atoms with van der Waals surface area (Å²) < 4.78 is 23.6. The first-order chi connectivity index (χ1) is 8.65. The Labute approximate surface area is 114 Å². The highest BCUT2D eigenvalue weighted by Crippen LogP contribution is 2.12. The zero-order chi connectivity index (χ0) is 14.8. The molecule has 0 aromatic heterocycles. The highest BCUT2D eigenvalue weighted by Gasteiger charge is 2.32. The second kappa shape index (κ2) is 5.90. The van der Waals surface area contributed by atoms with Crippen LogP contribution in [0.3, 0.4) is 0 Å². The van der Waals surface area contributed by atoms with Crippen LogP contribution in [0.25, 0.3) is 0 Å². The lowest BCUT2D eigenvalue weighted by Gasteiger charge is -2.28. The maximum absolute atomic E-state index is 12.1. The predicted octanol–water partition coefficient (Wildman–Crippen LogP) is -0.0649. The van der Waals surface area contributed by atoms with Gasteiger partial charge >= 0.3 is 0 Å². The Kier molecular flexibility index (Phi) is 4.95. The van der Waals surface area contributed by atoms with Crippen molar-refractivity contribution in [1.29, 1.82) is 0 Å². The smallest absolute Gasteiger partial charge is 0.245 e. The molecule has 0 saturated carbocycles. The van der Waals surface area contributed by atoms with Crippen LogP contribution in [0.15, 0.2) is 0 Å². The molecule has 1 heterocycles. The van der Waals surface area contributed by atoms with E-state index in [1.807, 2.05) is 0 Å². The third-order valence-corrected chi connectivity index (χ3v) is 5.57. The van der Waals surface area contributed by atoms with Gasteiger partial charge in [0, 0.05) is 19.0 Å². The number of sulfone groups is 1. The van der Waals surface area contributed by atoms with Crippen LogP contribution in [0.5, 0.6) is 0 Å². The molecule has 2 atom stereocenters. The Bertz CT molecular complexity index is 458. The van der Waals surface area contributed by atoms with Crippen LogP contribution < -0.4 is 5.32 Å². The molecule has 110 valence electrons. The number of rotatable bonds is 4. The van der Waals surface area contributed by atoms with Crippen LogP contribution in [-0.4, -0.2) is 54.8 Å². The number of amides is 2. The fraction of sp³-hybridized carbons (Fsp3) is 0.833. The lowest BCUT2D eigenvalue weighted by atomic mass is 10.2. The third kappa shape index (κ3) is 3.92. The predicted molar refractivity (Wildman–Crippen MR) is 72.3 cm³/mol. The van der Waals surface area contributed by atoms with Gasteiger partial charge in [-0.25, -0.2) is 8.42 Å². The van der Waals surface area contributed by atoms with Crippen LogP contribution in [-0.2, 0) is 19.4 Å². The van der Waals surface area contributed by atoms with Gasteiger partial charge in [0.05, 0.1) is 11.0 Å². The standard InChI is InChI=1S/C12H22N2O4S/c1-8(2)19(17,18)6-5-14-9(3)7-11(15)13-10(4)12(14)16/h8-10H,5-7H2,1-4H3,(H,13,15). The van der Waals surface area contributed by atoms with Crippen LogP contribution >= 0.6 is 0 Å². The highest BCUT2D eigenvalue weighted by atomic mass is 32.2. The van der Waals surface area contributed by atoms with Crippen LogP contribution in [0.2, 0.25) is 0 Å². The van der Waals surface area contributed by atoms with Crippen molar-refractivity contribution in [1.82, 2.24) is 10.2 Å². The van der Waals surface area contributed by atoms with Crippen LogP contribution in [0.4, 0.5) is 0 Å². The number of hydrogen-bond donors (Lipinski definition) is 1. The van der Waals surface area contributed by atoms with E-state index in [4.69, 9.17) is 0 Å². The fourth-order valence-electron chi connectivity index (χ4n) is 2.00. The minimum absolute atomic E-state index is 0.0678. The second-order valence-electron chi connectivity index (χ2n) is 5.29. The fourth-order valence-corrected chi connectivity index (χ4v) is 2.92. The molecular weight excluding hydrogens is 268 g/mol. The lowest BCUT2D eigenvalue weighted by Crippen LogP contribution is -2.46. The molecule has 6 nitrogen and oxygen atoms in total. The quantitative estimate of drug-likeness (QED) is 0.786. The summed E-state index contributed by atoms with van der Waals surface area (Å²) in [6.07, 6.45) is 0.206. The van der Waals surface area contributed by atoms with Gasteiger partial charge in [-0.1, -0.05) is 0 Å². The first-order valence-corrected chi connectivity index (χ1v) is 8.18. The number of nitrogens with one attached hydrogen (secondary N) is 1. The molecule has 7 heteroatoms. The zero-order valence-corrected chi connectivity index (χ0v) is 12.7. The first-order valence-electron chi connectivity index (χ1n) is 6.46. The Hall–Kier alpha value is -1.11. The maximum Gasteiger partial charge on any atom is 0.245 e. The molecule has 0 aromatic carbocycles. The molecule has 1 aliphatic heterocycles. The van der Waals surface area contributed by atoms with E-state index in [9.17, 15) is 18.0 Å². The largest absolute Gasteiger partial charge is 0.345 e. The van der Waals surface area contributed by atoms with Gasteiger partial charge in [-0.3, -0.25) is 9.59 Å². The van der Waals surface area contributed by atoms with Gasteiger partial charge in [0.25, 0.3) is 0 Å². The van der Waals surface area contributed by atoms with Crippen molar-refractivity contribution in [3.05, 3.63) is 0 Å². The van der Waals surface area contributed by atoms with Crippen molar-refractivity contribution in [2.75, 3.05) is 12.3 Å². The maximum atomic E-state index is 12.1. The first kappa shape index (κ1) is 15.9. The van der Waals surface area contributed by atoms with Gasteiger partial charge in [-0.15, -0.1) is 0 Å². The molecule has 0 aliphatic carbocycles. The Balaban J connectivity index is 2.80. The average Bonchev–Trinajstić information content (AvgIpc) is 2.35. The summed E-state index contributed by atoms with van der Waals surface area (Å²) in [4.78, 5) is 25.1. The van der Waals surface area contributed by atoms with Crippen molar-refractivity contribution in [2.45, 2.75) is 51.4 Å². The zero-order valence-electron chi connectivity index (χ0n) is 11.8. The molecule has 1 rings (SSSR count). The van der Waals surface area contributed by atoms with Crippen molar-refractivity contribution in [2.24, 2.45) is 0 Å². The van der Waals surface area contributed by atoms with Crippen molar-refractivity contribution < 1.29 is 18.0 Å². The molecule has 1 N–H and O–H groups in total. The minimum Gasteiger partial charge on any atom is -0.345 e. The normalized spacial score (nSPS) is 25.4. The summed E-state index contributed by atoms with van der Waals surface area (Å²) in [5.74, 6) is -0.471. The van der Waals surface area contributed by atoms with Crippen LogP contribution in [0, 0.1) is 0 Å². The van der Waals surface area contributed by atoms with Gasteiger partial charge in [-0.05, 0) is 27.7 Å². The molecule has 0 bridgehead atoms. The Morgan fingerprint density at radius 3 is 2.42 bits per heavy atom. The SMILES string of the molecule is CC1NC(=O)CC(C)N(CCS(=O)(=O)C(C)C)C1=O. The number of carbonyl (C=O) groups is 2. The summed E-state index contributed by atoms with van der Waals surface area (Å²) in [5, 5.41) is 2.14. The summed E-state index contributed by atoms with van der Waals surface area (Å²) in [5.41, 5.74) is 0. The molecular formula is C12H22N2O4S. The molecule has 19 heavy (non-hydrogen) atoms. The van der Waals surface area contributed by atoms with E-state index in [0.29, 0.717) is 0 Å². The van der Waals surface area contributed by atoms with E-state index in [1.54, 1.807) is 27.7 Å². The van der Waals surface area contributed by atoms with E-state index in [0.717, 1.165) is 0 Å². The van der Waals surface area contributed by atoms with E-state index < -0.39 is 21.1 Å². The Morgan fingerprint density at radius 2 is 1.89 bits per heavy atom. The van der Waals surface area contributed by atoms with Gasteiger partial charge in [0.2, 0.25) is 11.8 Å². The number of nitrogens with zero attached hydrogens (tertiary/aromatic N) is 1. The monoisotopic (exact) mass is 290 g/mol. The molecule has 1 aliphatic rings. The third-order valence-electron chi connectivity index (χ3n) is 3.38. The van der Waals surface area contributed by atoms with Gasteiger partial charge < -0.3 is 10.2 Å². The summed E-state index contributed by atoms with van der Waals surface area (Å²) in [6.45, 7) is 6.76. The van der Waals surface area contributed by atoms with Crippen molar-refractivity contribution in [3.8, 4) is 0 Å². The lowest BCUT2D eigenvalue weighted by molar-refractivity contribution is -0.134. The topological polar surface area (TPSA) is 83.6 Å². The molecule has 0 radical (unpaired) electrons. The van der Waals surface area contributed by atoms with E-state index in [2.05, 4.69) is 5.32 Å². The molecule has 2 unspecified atom stereocenters.